The van der Waals surface area contributed by atoms with Gasteiger partial charge in [0.15, 0.2) is 5.75 Å². The van der Waals surface area contributed by atoms with Gasteiger partial charge in [0.25, 0.3) is 5.56 Å². The molecular formula is C20H16ClFN4O2. The first-order chi connectivity index (χ1) is 13.1. The number of nitrogens with zero attached hydrogens (tertiary/aromatic N) is 3. The van der Waals surface area contributed by atoms with E-state index in [-0.39, 0.29) is 29.5 Å². The summed E-state index contributed by atoms with van der Waals surface area (Å²) in [4.78, 5) is 21.3. The molecule has 28 heavy (non-hydrogen) atoms. The van der Waals surface area contributed by atoms with Crippen molar-refractivity contribution in [1.29, 1.82) is 0 Å². The number of aryl methyl sites for hydroxylation is 1. The third-order valence-corrected chi connectivity index (χ3v) is 3.99. The Morgan fingerprint density at radius 1 is 1.07 bits per heavy atom. The molecular weight excluding hydrogens is 383 g/mol. The Labute approximate surface area is 166 Å². The molecule has 0 aliphatic carbocycles. The second-order valence-corrected chi connectivity index (χ2v) is 5.89. The van der Waals surface area contributed by atoms with E-state index in [1.54, 1.807) is 43.6 Å². The summed E-state index contributed by atoms with van der Waals surface area (Å²) >= 11 is 0. The van der Waals surface area contributed by atoms with Gasteiger partial charge in [-0.15, -0.1) is 12.4 Å². The summed E-state index contributed by atoms with van der Waals surface area (Å²) in [6.07, 6.45) is 1.60. The van der Waals surface area contributed by atoms with Crippen molar-refractivity contribution < 1.29 is 9.13 Å². The summed E-state index contributed by atoms with van der Waals surface area (Å²) in [6, 6.07) is 16.5. The van der Waals surface area contributed by atoms with Crippen LogP contribution in [0, 0.1) is 5.82 Å². The van der Waals surface area contributed by atoms with Crippen LogP contribution in [0.25, 0.3) is 11.0 Å². The predicted molar refractivity (Wildman–Crippen MR) is 108 cm³/mol. The lowest BCUT2D eigenvalue weighted by molar-refractivity contribution is 0.471. The van der Waals surface area contributed by atoms with Crippen LogP contribution >= 0.6 is 12.4 Å². The Balaban J connectivity index is 0.00000225. The van der Waals surface area contributed by atoms with E-state index in [2.05, 4.69) is 15.3 Å². The van der Waals surface area contributed by atoms with Crippen LogP contribution in [-0.4, -0.2) is 14.5 Å². The summed E-state index contributed by atoms with van der Waals surface area (Å²) < 4.78 is 20.1. The van der Waals surface area contributed by atoms with Gasteiger partial charge < -0.3 is 10.1 Å². The standard InChI is InChI=1S/C20H15FN4O2.ClH/c1-25-18-13(11-17(19(25)26)27-16-5-3-2-4-6-16)12-22-20(24-18)23-15-9-7-14(21)8-10-15;/h2-12H,1H3,(H,22,23,24);1H. The molecule has 4 aromatic rings. The second kappa shape index (κ2) is 8.06. The van der Waals surface area contributed by atoms with E-state index in [4.69, 9.17) is 4.74 Å². The van der Waals surface area contributed by atoms with Crippen LogP contribution in [0.4, 0.5) is 16.0 Å². The van der Waals surface area contributed by atoms with Gasteiger partial charge in [-0.3, -0.25) is 9.36 Å². The smallest absolute Gasteiger partial charge is 0.294 e. The highest BCUT2D eigenvalue weighted by atomic mass is 35.5. The first-order valence-electron chi connectivity index (χ1n) is 8.22. The van der Waals surface area contributed by atoms with Gasteiger partial charge in [-0.2, -0.15) is 4.98 Å². The van der Waals surface area contributed by atoms with Crippen LogP contribution in [0.5, 0.6) is 11.5 Å². The summed E-state index contributed by atoms with van der Waals surface area (Å²) in [5.41, 5.74) is 0.794. The Kier molecular flexibility index (Phi) is 5.56. The van der Waals surface area contributed by atoms with Gasteiger partial charge in [-0.05, 0) is 42.5 Å². The van der Waals surface area contributed by atoms with Crippen LogP contribution in [0.15, 0.2) is 71.7 Å². The van der Waals surface area contributed by atoms with E-state index in [0.717, 1.165) is 0 Å². The number of hydrogen-bond donors (Lipinski definition) is 1. The highest BCUT2D eigenvalue weighted by Crippen LogP contribution is 2.22. The summed E-state index contributed by atoms with van der Waals surface area (Å²) in [5.74, 6) is 0.748. The van der Waals surface area contributed by atoms with Crippen molar-refractivity contribution in [2.75, 3.05) is 5.32 Å². The molecule has 6 nitrogen and oxygen atoms in total. The first kappa shape index (κ1) is 19.3. The van der Waals surface area contributed by atoms with Gasteiger partial charge in [0.05, 0.1) is 0 Å². The molecule has 2 aromatic carbocycles. The zero-order valence-electron chi connectivity index (χ0n) is 14.8. The highest BCUT2D eigenvalue weighted by molar-refractivity contribution is 5.85. The number of nitrogens with one attached hydrogen (secondary N) is 1. The van der Waals surface area contributed by atoms with Crippen LogP contribution in [0.1, 0.15) is 0 Å². The van der Waals surface area contributed by atoms with Crippen molar-refractivity contribution in [2.24, 2.45) is 7.05 Å². The van der Waals surface area contributed by atoms with Gasteiger partial charge >= 0.3 is 0 Å². The minimum atomic E-state index is -0.326. The van der Waals surface area contributed by atoms with Crippen molar-refractivity contribution in [3.8, 4) is 11.5 Å². The lowest BCUT2D eigenvalue weighted by atomic mass is 10.3. The molecule has 0 saturated heterocycles. The SMILES string of the molecule is Cl.Cn1c(=O)c(Oc2ccccc2)cc2cnc(Nc3ccc(F)cc3)nc21. The molecule has 0 fully saturated rings. The Morgan fingerprint density at radius 2 is 1.79 bits per heavy atom. The van der Waals surface area contributed by atoms with Crippen molar-refractivity contribution in [2.45, 2.75) is 0 Å². The van der Waals surface area contributed by atoms with Crippen LogP contribution < -0.4 is 15.6 Å². The molecule has 0 unspecified atom stereocenters. The molecule has 1 N–H and O–H groups in total. The highest BCUT2D eigenvalue weighted by Gasteiger charge is 2.11. The zero-order valence-corrected chi connectivity index (χ0v) is 15.6. The predicted octanol–water partition coefficient (Wildman–Crippen LogP) is 4.43. The lowest BCUT2D eigenvalue weighted by Gasteiger charge is -2.11. The summed E-state index contributed by atoms with van der Waals surface area (Å²) in [5, 5.41) is 3.65. The number of fused-ring (bicyclic) bond motifs is 1. The average molecular weight is 399 g/mol. The zero-order chi connectivity index (χ0) is 18.8. The quantitative estimate of drug-likeness (QED) is 0.551. The monoisotopic (exact) mass is 398 g/mol. The molecule has 142 valence electrons. The minimum Gasteiger partial charge on any atom is -0.452 e. The van der Waals surface area contributed by atoms with Crippen LogP contribution in [0.3, 0.4) is 0 Å². The number of anilines is 2. The molecule has 0 aliphatic rings. The number of pyridine rings is 1. The lowest BCUT2D eigenvalue weighted by Crippen LogP contribution is -2.19. The normalized spacial score (nSPS) is 10.4. The molecule has 0 aliphatic heterocycles. The van der Waals surface area contributed by atoms with E-state index < -0.39 is 0 Å². The van der Waals surface area contributed by atoms with E-state index >= 15 is 0 Å². The van der Waals surface area contributed by atoms with E-state index in [9.17, 15) is 9.18 Å². The minimum absolute atomic E-state index is 0. The maximum Gasteiger partial charge on any atom is 0.294 e. The summed E-state index contributed by atoms with van der Waals surface area (Å²) in [7, 11) is 1.62. The fourth-order valence-electron chi connectivity index (χ4n) is 2.63. The largest absolute Gasteiger partial charge is 0.452 e. The number of hydrogen-bond acceptors (Lipinski definition) is 5. The molecule has 2 aromatic heterocycles. The molecule has 0 atom stereocenters. The third-order valence-electron chi connectivity index (χ3n) is 3.99. The molecule has 4 rings (SSSR count). The maximum absolute atomic E-state index is 13.0. The number of ether oxygens (including phenoxy) is 1. The van der Waals surface area contributed by atoms with Gasteiger partial charge in [-0.1, -0.05) is 18.2 Å². The van der Waals surface area contributed by atoms with Crippen LogP contribution in [-0.2, 0) is 7.05 Å². The first-order valence-corrected chi connectivity index (χ1v) is 8.22. The molecule has 0 spiro atoms. The van der Waals surface area contributed by atoms with Crippen molar-refractivity contribution in [3.05, 3.63) is 83.0 Å². The summed E-state index contributed by atoms with van der Waals surface area (Å²) in [6.45, 7) is 0. The molecule has 0 bridgehead atoms. The molecule has 0 amide bonds. The molecule has 0 radical (unpaired) electrons. The maximum atomic E-state index is 13.0. The van der Waals surface area contributed by atoms with Crippen LogP contribution in [0.2, 0.25) is 0 Å². The molecule has 0 saturated carbocycles. The van der Waals surface area contributed by atoms with Gasteiger partial charge in [-0.25, -0.2) is 9.37 Å². The fraction of sp³-hybridized carbons (Fsp3) is 0.0500. The second-order valence-electron chi connectivity index (χ2n) is 5.89. The molecule has 8 heteroatoms. The van der Waals surface area contributed by atoms with Crippen molar-refractivity contribution in [1.82, 2.24) is 14.5 Å². The third kappa shape index (κ3) is 3.94. The number of rotatable bonds is 4. The van der Waals surface area contributed by atoms with Crippen molar-refractivity contribution in [3.63, 3.8) is 0 Å². The molecule has 2 heterocycles. The van der Waals surface area contributed by atoms with E-state index in [0.29, 0.717) is 28.4 Å². The van der Waals surface area contributed by atoms with Gasteiger partial charge in [0.1, 0.15) is 17.2 Å². The Hall–Kier alpha value is -3.45. The number of aromatic nitrogens is 3. The van der Waals surface area contributed by atoms with E-state index in [1.165, 1.54) is 16.7 Å². The van der Waals surface area contributed by atoms with Crippen molar-refractivity contribution >= 4 is 35.1 Å². The topological polar surface area (TPSA) is 69.0 Å². The van der Waals surface area contributed by atoms with E-state index in [1.807, 2.05) is 18.2 Å². The van der Waals surface area contributed by atoms with Gasteiger partial charge in [0, 0.05) is 24.3 Å². The van der Waals surface area contributed by atoms with Gasteiger partial charge in [0.2, 0.25) is 5.95 Å². The number of halogens is 2. The Morgan fingerprint density at radius 3 is 2.50 bits per heavy atom. The number of benzene rings is 2. The average Bonchev–Trinajstić information content (AvgIpc) is 2.69. The number of para-hydroxylation sites is 1. The fourth-order valence-corrected chi connectivity index (χ4v) is 2.63. The Bertz CT molecular complexity index is 1160.